The molecule has 0 bridgehead atoms. The standard InChI is InChI=1S/C13H20N4S/c1-9(2)12-11(14)13(17(4)15-12)16(3)7-10-5-6-18-8-10/h5-6,8-9H,7,14H2,1-4H3. The molecule has 0 fully saturated rings. The molecule has 0 aliphatic carbocycles. The van der Waals surface area contributed by atoms with Crippen molar-refractivity contribution >= 4 is 22.8 Å². The Labute approximate surface area is 112 Å². The van der Waals surface area contributed by atoms with Crippen molar-refractivity contribution in [3.63, 3.8) is 0 Å². The summed E-state index contributed by atoms with van der Waals surface area (Å²) in [5.74, 6) is 1.34. The molecule has 2 aromatic heterocycles. The molecule has 2 rings (SSSR count). The summed E-state index contributed by atoms with van der Waals surface area (Å²) in [6.45, 7) is 5.08. The first-order valence-corrected chi connectivity index (χ1v) is 6.99. The molecule has 0 amide bonds. The van der Waals surface area contributed by atoms with Crippen LogP contribution in [0.4, 0.5) is 11.5 Å². The molecule has 0 atom stereocenters. The van der Waals surface area contributed by atoms with Crippen LogP contribution in [0.3, 0.4) is 0 Å². The molecule has 5 heteroatoms. The molecule has 98 valence electrons. The van der Waals surface area contributed by atoms with Gasteiger partial charge in [-0.1, -0.05) is 13.8 Å². The molecule has 18 heavy (non-hydrogen) atoms. The first-order valence-electron chi connectivity index (χ1n) is 6.05. The first kappa shape index (κ1) is 13.0. The Kier molecular flexibility index (Phi) is 3.61. The van der Waals surface area contributed by atoms with Gasteiger partial charge in [0.15, 0.2) is 0 Å². The maximum Gasteiger partial charge on any atom is 0.150 e. The van der Waals surface area contributed by atoms with E-state index in [0.29, 0.717) is 5.92 Å². The quantitative estimate of drug-likeness (QED) is 0.923. The average Bonchev–Trinajstić information content (AvgIpc) is 2.86. The van der Waals surface area contributed by atoms with Gasteiger partial charge in [0.25, 0.3) is 0 Å². The van der Waals surface area contributed by atoms with Crippen molar-refractivity contribution < 1.29 is 0 Å². The van der Waals surface area contributed by atoms with Gasteiger partial charge in [-0.05, 0) is 28.3 Å². The van der Waals surface area contributed by atoms with Crippen LogP contribution in [0.1, 0.15) is 31.0 Å². The van der Waals surface area contributed by atoms with Gasteiger partial charge < -0.3 is 10.6 Å². The van der Waals surface area contributed by atoms with Crippen molar-refractivity contribution in [2.45, 2.75) is 26.3 Å². The summed E-state index contributed by atoms with van der Waals surface area (Å²) in [6.07, 6.45) is 0. The molecule has 0 saturated heterocycles. The minimum atomic E-state index is 0.347. The Bertz CT molecular complexity index is 513. The molecule has 0 saturated carbocycles. The smallest absolute Gasteiger partial charge is 0.150 e. The molecule has 0 unspecified atom stereocenters. The normalized spacial score (nSPS) is 11.2. The number of hydrogen-bond donors (Lipinski definition) is 1. The Hall–Kier alpha value is -1.49. The largest absolute Gasteiger partial charge is 0.394 e. The van der Waals surface area contributed by atoms with Gasteiger partial charge in [0.2, 0.25) is 0 Å². The lowest BCUT2D eigenvalue weighted by atomic mass is 10.1. The van der Waals surface area contributed by atoms with E-state index in [4.69, 9.17) is 5.73 Å². The summed E-state index contributed by atoms with van der Waals surface area (Å²) in [5.41, 5.74) is 9.29. The first-order chi connectivity index (χ1) is 8.50. The third-order valence-electron chi connectivity index (χ3n) is 2.99. The summed E-state index contributed by atoms with van der Waals surface area (Å²) in [7, 11) is 4.00. The van der Waals surface area contributed by atoms with Gasteiger partial charge in [0.05, 0.1) is 11.4 Å². The van der Waals surface area contributed by atoms with Crippen molar-refractivity contribution in [3.05, 3.63) is 28.1 Å². The highest BCUT2D eigenvalue weighted by Crippen LogP contribution is 2.30. The van der Waals surface area contributed by atoms with Gasteiger partial charge in [0.1, 0.15) is 5.82 Å². The van der Waals surface area contributed by atoms with Crippen LogP contribution in [0.5, 0.6) is 0 Å². The topological polar surface area (TPSA) is 47.1 Å². The predicted octanol–water partition coefficient (Wildman–Crippen LogP) is 2.82. The SMILES string of the molecule is CC(C)c1nn(C)c(N(C)Cc2ccsc2)c1N. The van der Waals surface area contributed by atoms with E-state index < -0.39 is 0 Å². The van der Waals surface area contributed by atoms with E-state index in [2.05, 4.69) is 47.7 Å². The molecule has 0 spiro atoms. The molecular formula is C13H20N4S. The monoisotopic (exact) mass is 264 g/mol. The zero-order valence-electron chi connectivity index (χ0n) is 11.3. The van der Waals surface area contributed by atoms with Crippen LogP contribution in [-0.4, -0.2) is 16.8 Å². The predicted molar refractivity (Wildman–Crippen MR) is 78.1 cm³/mol. The number of nitrogen functional groups attached to an aromatic ring is 1. The Balaban J connectivity index is 2.27. The molecule has 0 radical (unpaired) electrons. The van der Waals surface area contributed by atoms with Crippen LogP contribution in [0.25, 0.3) is 0 Å². The molecule has 2 N–H and O–H groups in total. The summed E-state index contributed by atoms with van der Waals surface area (Å²) >= 11 is 1.71. The van der Waals surface area contributed by atoms with E-state index in [-0.39, 0.29) is 0 Å². The summed E-state index contributed by atoms with van der Waals surface area (Å²) in [4.78, 5) is 2.15. The zero-order valence-corrected chi connectivity index (χ0v) is 12.2. The van der Waals surface area contributed by atoms with Gasteiger partial charge in [0, 0.05) is 20.6 Å². The minimum absolute atomic E-state index is 0.347. The fraction of sp³-hybridized carbons (Fsp3) is 0.462. The number of thiophene rings is 1. The Morgan fingerprint density at radius 2 is 2.22 bits per heavy atom. The van der Waals surface area contributed by atoms with E-state index in [1.54, 1.807) is 11.3 Å². The van der Waals surface area contributed by atoms with Crippen molar-refractivity contribution in [2.75, 3.05) is 17.7 Å². The number of anilines is 2. The lowest BCUT2D eigenvalue weighted by molar-refractivity contribution is 0.698. The molecule has 0 aliphatic rings. The average molecular weight is 264 g/mol. The lowest BCUT2D eigenvalue weighted by Gasteiger charge is -2.19. The number of nitrogens with two attached hydrogens (primary N) is 1. The summed E-state index contributed by atoms with van der Waals surface area (Å²) in [6, 6.07) is 2.14. The zero-order chi connectivity index (χ0) is 13.3. The molecule has 4 nitrogen and oxygen atoms in total. The maximum absolute atomic E-state index is 6.21. The molecular weight excluding hydrogens is 244 g/mol. The molecule has 0 aliphatic heterocycles. The van der Waals surface area contributed by atoms with Crippen LogP contribution in [0, 0.1) is 0 Å². The molecule has 0 aromatic carbocycles. The van der Waals surface area contributed by atoms with Gasteiger partial charge in [-0.15, -0.1) is 0 Å². The van der Waals surface area contributed by atoms with Crippen molar-refractivity contribution in [2.24, 2.45) is 7.05 Å². The third-order valence-corrected chi connectivity index (χ3v) is 3.72. The molecule has 2 heterocycles. The van der Waals surface area contributed by atoms with Crippen molar-refractivity contribution in [3.8, 4) is 0 Å². The number of nitrogens with zero attached hydrogens (tertiary/aromatic N) is 3. The Morgan fingerprint density at radius 1 is 1.50 bits per heavy atom. The fourth-order valence-electron chi connectivity index (χ4n) is 2.16. The van der Waals surface area contributed by atoms with E-state index in [0.717, 1.165) is 23.7 Å². The lowest BCUT2D eigenvalue weighted by Crippen LogP contribution is -2.20. The van der Waals surface area contributed by atoms with Crippen LogP contribution < -0.4 is 10.6 Å². The second-order valence-corrected chi connectivity index (χ2v) is 5.67. The second kappa shape index (κ2) is 5.02. The van der Waals surface area contributed by atoms with Crippen LogP contribution >= 0.6 is 11.3 Å². The van der Waals surface area contributed by atoms with Crippen LogP contribution in [0.2, 0.25) is 0 Å². The minimum Gasteiger partial charge on any atom is -0.394 e. The highest BCUT2D eigenvalue weighted by atomic mass is 32.1. The highest BCUT2D eigenvalue weighted by Gasteiger charge is 2.18. The number of aromatic nitrogens is 2. The van der Waals surface area contributed by atoms with Gasteiger partial charge in [-0.3, -0.25) is 4.68 Å². The summed E-state index contributed by atoms with van der Waals surface area (Å²) in [5, 5.41) is 8.76. The van der Waals surface area contributed by atoms with E-state index in [9.17, 15) is 0 Å². The number of hydrogen-bond acceptors (Lipinski definition) is 4. The third kappa shape index (κ3) is 2.36. The Morgan fingerprint density at radius 3 is 2.72 bits per heavy atom. The summed E-state index contributed by atoms with van der Waals surface area (Å²) < 4.78 is 1.87. The van der Waals surface area contributed by atoms with E-state index in [1.807, 2.05) is 11.7 Å². The maximum atomic E-state index is 6.21. The fourth-order valence-corrected chi connectivity index (χ4v) is 2.82. The van der Waals surface area contributed by atoms with Gasteiger partial charge in [-0.25, -0.2) is 0 Å². The van der Waals surface area contributed by atoms with Crippen LogP contribution in [-0.2, 0) is 13.6 Å². The second-order valence-electron chi connectivity index (χ2n) is 4.89. The van der Waals surface area contributed by atoms with E-state index in [1.165, 1.54) is 5.56 Å². The van der Waals surface area contributed by atoms with Crippen molar-refractivity contribution in [1.82, 2.24) is 9.78 Å². The molecule has 2 aromatic rings. The van der Waals surface area contributed by atoms with Gasteiger partial charge >= 0.3 is 0 Å². The highest BCUT2D eigenvalue weighted by molar-refractivity contribution is 7.07. The van der Waals surface area contributed by atoms with Crippen LogP contribution in [0.15, 0.2) is 16.8 Å². The van der Waals surface area contributed by atoms with Gasteiger partial charge in [-0.2, -0.15) is 16.4 Å². The number of rotatable bonds is 4. The van der Waals surface area contributed by atoms with Crippen molar-refractivity contribution in [1.29, 1.82) is 0 Å². The number of aryl methyl sites for hydroxylation is 1. The van der Waals surface area contributed by atoms with E-state index >= 15 is 0 Å².